The number of ether oxygens (including phenoxy) is 1. The number of nitrogens with zero attached hydrogens (tertiary/aromatic N) is 2. The summed E-state index contributed by atoms with van der Waals surface area (Å²) in [5.41, 5.74) is 0. The summed E-state index contributed by atoms with van der Waals surface area (Å²) in [6.07, 6.45) is 8.81. The first-order valence-corrected chi connectivity index (χ1v) is 7.47. The normalized spacial score (nSPS) is 18.8. The minimum Gasteiger partial charge on any atom is -0.378 e. The summed E-state index contributed by atoms with van der Waals surface area (Å²) in [5, 5.41) is 2.93. The van der Waals surface area contributed by atoms with Gasteiger partial charge in [0.25, 0.3) is 0 Å². The molecule has 1 saturated heterocycles. The number of carbonyl (C=O) groups is 1. The number of hydrogen-bond donors (Lipinski definition) is 1. The van der Waals surface area contributed by atoms with Gasteiger partial charge < -0.3 is 19.5 Å². The van der Waals surface area contributed by atoms with Crippen molar-refractivity contribution in [2.24, 2.45) is 0 Å². The summed E-state index contributed by atoms with van der Waals surface area (Å²) >= 11 is 0. The average molecular weight is 279 g/mol. The van der Waals surface area contributed by atoms with Crippen LogP contribution in [0.4, 0.5) is 4.79 Å². The number of rotatable bonds is 6. The molecular formula is C15H25N3O2. The average Bonchev–Trinajstić information content (AvgIpc) is 2.99. The maximum Gasteiger partial charge on any atom is 0.317 e. The number of carbonyl (C=O) groups excluding carboxylic acids is 1. The Morgan fingerprint density at radius 1 is 1.40 bits per heavy atom. The van der Waals surface area contributed by atoms with Gasteiger partial charge in [-0.2, -0.15) is 0 Å². The van der Waals surface area contributed by atoms with E-state index < -0.39 is 0 Å². The number of nitrogens with one attached hydrogen (secondary N) is 1. The van der Waals surface area contributed by atoms with Crippen LogP contribution in [0.5, 0.6) is 0 Å². The molecule has 20 heavy (non-hydrogen) atoms. The second kappa shape index (κ2) is 7.94. The van der Waals surface area contributed by atoms with Gasteiger partial charge in [-0.25, -0.2) is 4.79 Å². The Hall–Kier alpha value is -1.49. The molecule has 0 unspecified atom stereocenters. The molecule has 0 aliphatic carbocycles. The van der Waals surface area contributed by atoms with Crippen LogP contribution < -0.4 is 5.32 Å². The van der Waals surface area contributed by atoms with Gasteiger partial charge in [0.05, 0.1) is 6.10 Å². The van der Waals surface area contributed by atoms with Crippen molar-refractivity contribution in [1.29, 1.82) is 0 Å². The molecule has 0 aromatic carbocycles. The molecule has 2 heterocycles. The maximum atomic E-state index is 11.9. The fraction of sp³-hybridized carbons (Fsp3) is 0.667. The molecule has 1 aromatic heterocycles. The smallest absolute Gasteiger partial charge is 0.317 e. The van der Waals surface area contributed by atoms with Crippen molar-refractivity contribution in [2.75, 3.05) is 26.7 Å². The van der Waals surface area contributed by atoms with Gasteiger partial charge >= 0.3 is 6.03 Å². The second-order valence-corrected chi connectivity index (χ2v) is 5.35. The quantitative estimate of drug-likeness (QED) is 0.866. The summed E-state index contributed by atoms with van der Waals surface area (Å²) in [7, 11) is 1.84. The zero-order valence-electron chi connectivity index (χ0n) is 12.3. The van der Waals surface area contributed by atoms with Crippen LogP contribution in [0.3, 0.4) is 0 Å². The first-order chi connectivity index (χ1) is 9.75. The highest BCUT2D eigenvalue weighted by Crippen LogP contribution is 2.15. The van der Waals surface area contributed by atoms with E-state index in [4.69, 9.17) is 4.74 Å². The summed E-state index contributed by atoms with van der Waals surface area (Å²) in [6, 6.07) is 3.96. The molecule has 0 spiro atoms. The third kappa shape index (κ3) is 4.89. The van der Waals surface area contributed by atoms with E-state index in [2.05, 4.69) is 9.88 Å². The van der Waals surface area contributed by atoms with Crippen molar-refractivity contribution >= 4 is 6.03 Å². The molecule has 1 N–H and O–H groups in total. The van der Waals surface area contributed by atoms with Gasteiger partial charge in [-0.15, -0.1) is 0 Å². The van der Waals surface area contributed by atoms with Crippen LogP contribution in [0, 0.1) is 0 Å². The van der Waals surface area contributed by atoms with Gasteiger partial charge in [0.2, 0.25) is 0 Å². The summed E-state index contributed by atoms with van der Waals surface area (Å²) in [4.78, 5) is 13.7. The van der Waals surface area contributed by atoms with E-state index in [9.17, 15) is 4.79 Å². The van der Waals surface area contributed by atoms with E-state index in [0.717, 1.165) is 32.5 Å². The topological polar surface area (TPSA) is 46.5 Å². The first-order valence-electron chi connectivity index (χ1n) is 7.47. The highest BCUT2D eigenvalue weighted by atomic mass is 16.5. The van der Waals surface area contributed by atoms with Crippen molar-refractivity contribution in [3.8, 4) is 0 Å². The lowest BCUT2D eigenvalue weighted by Gasteiger charge is -2.25. The van der Waals surface area contributed by atoms with Crippen molar-refractivity contribution in [3.05, 3.63) is 24.5 Å². The molecule has 1 aliphatic rings. The molecule has 2 amide bonds. The van der Waals surface area contributed by atoms with E-state index >= 15 is 0 Å². The standard InChI is InChI=1S/C15H25N3O2/c1-17(11-7-14-6-2-5-13-20-14)15(19)16-8-12-18-9-3-4-10-18/h3-4,9-10,14H,2,5-8,11-13H2,1H3,(H,16,19)/t14-/m1/s1. The summed E-state index contributed by atoms with van der Waals surface area (Å²) < 4.78 is 7.73. The molecule has 1 atom stereocenters. The molecule has 0 radical (unpaired) electrons. The molecule has 5 nitrogen and oxygen atoms in total. The Labute approximate surface area is 120 Å². The molecule has 1 fully saturated rings. The maximum absolute atomic E-state index is 11.9. The van der Waals surface area contributed by atoms with Crippen molar-refractivity contribution in [3.63, 3.8) is 0 Å². The van der Waals surface area contributed by atoms with Crippen LogP contribution >= 0.6 is 0 Å². The number of aromatic nitrogens is 1. The predicted molar refractivity (Wildman–Crippen MR) is 78.7 cm³/mol. The van der Waals surface area contributed by atoms with E-state index in [0.29, 0.717) is 12.6 Å². The van der Waals surface area contributed by atoms with Gasteiger partial charge in [0, 0.05) is 45.7 Å². The number of amides is 2. The Bertz CT molecular complexity index is 386. The third-order valence-electron chi connectivity index (χ3n) is 3.72. The van der Waals surface area contributed by atoms with Crippen molar-refractivity contribution < 1.29 is 9.53 Å². The summed E-state index contributed by atoms with van der Waals surface area (Å²) in [5.74, 6) is 0. The molecule has 1 aliphatic heterocycles. The predicted octanol–water partition coefficient (Wildman–Crippen LogP) is 2.09. The minimum absolute atomic E-state index is 0.00651. The van der Waals surface area contributed by atoms with Crippen LogP contribution in [-0.4, -0.2) is 48.3 Å². The number of hydrogen-bond acceptors (Lipinski definition) is 2. The number of urea groups is 1. The molecule has 0 saturated carbocycles. The molecule has 2 rings (SSSR count). The van der Waals surface area contributed by atoms with E-state index in [1.807, 2.05) is 31.6 Å². The van der Waals surface area contributed by atoms with Crippen LogP contribution in [0.2, 0.25) is 0 Å². The Kier molecular flexibility index (Phi) is 5.92. The highest BCUT2D eigenvalue weighted by molar-refractivity contribution is 5.73. The van der Waals surface area contributed by atoms with Crippen molar-refractivity contribution in [1.82, 2.24) is 14.8 Å². The van der Waals surface area contributed by atoms with Crippen molar-refractivity contribution in [2.45, 2.75) is 38.3 Å². The van der Waals surface area contributed by atoms with E-state index in [1.54, 1.807) is 4.90 Å². The first kappa shape index (κ1) is 14.9. The largest absolute Gasteiger partial charge is 0.378 e. The van der Waals surface area contributed by atoms with E-state index in [1.165, 1.54) is 12.8 Å². The Morgan fingerprint density at radius 3 is 2.90 bits per heavy atom. The van der Waals surface area contributed by atoms with E-state index in [-0.39, 0.29) is 6.03 Å². The second-order valence-electron chi connectivity index (χ2n) is 5.35. The van der Waals surface area contributed by atoms with Gasteiger partial charge in [-0.05, 0) is 37.8 Å². The van der Waals surface area contributed by atoms with Gasteiger partial charge in [0.1, 0.15) is 0 Å². The third-order valence-corrected chi connectivity index (χ3v) is 3.72. The van der Waals surface area contributed by atoms with Crippen LogP contribution in [0.25, 0.3) is 0 Å². The van der Waals surface area contributed by atoms with Crippen LogP contribution in [-0.2, 0) is 11.3 Å². The van der Waals surface area contributed by atoms with Gasteiger partial charge in [-0.3, -0.25) is 0 Å². The molecule has 112 valence electrons. The van der Waals surface area contributed by atoms with Gasteiger partial charge in [0.15, 0.2) is 0 Å². The van der Waals surface area contributed by atoms with Crippen LogP contribution in [0.15, 0.2) is 24.5 Å². The Morgan fingerprint density at radius 2 is 2.20 bits per heavy atom. The zero-order chi connectivity index (χ0) is 14.2. The lowest BCUT2D eigenvalue weighted by Crippen LogP contribution is -2.40. The zero-order valence-corrected chi connectivity index (χ0v) is 12.3. The lowest BCUT2D eigenvalue weighted by atomic mass is 10.1. The Balaban J connectivity index is 1.58. The molecule has 0 bridgehead atoms. The summed E-state index contributed by atoms with van der Waals surface area (Å²) in [6.45, 7) is 3.08. The minimum atomic E-state index is -0.00651. The SMILES string of the molecule is CN(CC[C@H]1CCCCO1)C(=O)NCCn1cccc1. The lowest BCUT2D eigenvalue weighted by molar-refractivity contribution is 0.00828. The molecule has 5 heteroatoms. The van der Waals surface area contributed by atoms with Gasteiger partial charge in [-0.1, -0.05) is 0 Å². The fourth-order valence-electron chi connectivity index (χ4n) is 2.42. The highest BCUT2D eigenvalue weighted by Gasteiger charge is 2.15. The molecular weight excluding hydrogens is 254 g/mol. The monoisotopic (exact) mass is 279 g/mol. The fourth-order valence-corrected chi connectivity index (χ4v) is 2.42. The van der Waals surface area contributed by atoms with Crippen LogP contribution in [0.1, 0.15) is 25.7 Å². The molecule has 1 aromatic rings.